The van der Waals surface area contributed by atoms with Gasteiger partial charge in [-0.25, -0.2) is 0 Å². The van der Waals surface area contributed by atoms with E-state index in [0.717, 1.165) is 52.0 Å². The van der Waals surface area contributed by atoms with Gasteiger partial charge in [0.15, 0.2) is 0 Å². The number of benzene rings is 2. The first-order valence-corrected chi connectivity index (χ1v) is 9.67. The van der Waals surface area contributed by atoms with Gasteiger partial charge in [-0.1, -0.05) is 37.1 Å². The smallest absolute Gasteiger partial charge is 0.247 e. The van der Waals surface area contributed by atoms with Crippen LogP contribution in [0.4, 0.5) is 0 Å². The van der Waals surface area contributed by atoms with Crippen molar-refractivity contribution in [1.29, 1.82) is 0 Å². The van der Waals surface area contributed by atoms with Crippen LogP contribution in [-0.2, 0) is 4.79 Å². The number of allylic oxidation sites excluding steroid dienone is 1. The van der Waals surface area contributed by atoms with Gasteiger partial charge < -0.3 is 10.1 Å². The molecule has 0 bridgehead atoms. The highest BCUT2D eigenvalue weighted by Gasteiger charge is 2.14. The molecule has 0 aliphatic heterocycles. The predicted octanol–water partition coefficient (Wildman–Crippen LogP) is 6.03. The maximum atomic E-state index is 12.4. The fourth-order valence-corrected chi connectivity index (χ4v) is 3.24. The van der Waals surface area contributed by atoms with Crippen molar-refractivity contribution in [2.24, 2.45) is 0 Å². The van der Waals surface area contributed by atoms with Gasteiger partial charge in [-0.3, -0.25) is 4.79 Å². The summed E-state index contributed by atoms with van der Waals surface area (Å²) in [5.41, 5.74) is 5.88. The topological polar surface area (TPSA) is 38.3 Å². The summed E-state index contributed by atoms with van der Waals surface area (Å²) in [6.45, 7) is 8.72. The molecule has 2 aromatic rings. The van der Waals surface area contributed by atoms with Gasteiger partial charge in [0.05, 0.1) is 7.11 Å². The molecule has 0 aromatic heterocycles. The van der Waals surface area contributed by atoms with E-state index in [1.165, 1.54) is 0 Å². The Morgan fingerprint density at radius 1 is 1.15 bits per heavy atom. The van der Waals surface area contributed by atoms with Gasteiger partial charge in [-0.05, 0) is 79.3 Å². The lowest BCUT2D eigenvalue weighted by molar-refractivity contribution is -0.117. The van der Waals surface area contributed by atoms with Gasteiger partial charge in [0.1, 0.15) is 5.75 Å². The van der Waals surface area contributed by atoms with Crippen LogP contribution in [0.15, 0.2) is 42.0 Å². The summed E-state index contributed by atoms with van der Waals surface area (Å²) in [7, 11) is 1.65. The minimum atomic E-state index is -0.0219. The zero-order valence-corrected chi connectivity index (χ0v) is 17.5. The second-order valence-corrected chi connectivity index (χ2v) is 7.15. The lowest BCUT2D eigenvalue weighted by Crippen LogP contribution is -2.25. The molecule has 4 heteroatoms. The number of halogens is 1. The normalized spacial score (nSPS) is 11.8. The second-order valence-electron chi connectivity index (χ2n) is 6.71. The SMILES string of the molecule is CCCCNC(=O)/C(C)=C(\C)c1cc(Cl)cc(-c2ccc(OC)cc2)c1C. The second kappa shape index (κ2) is 9.61. The van der Waals surface area contributed by atoms with Gasteiger partial charge in [0, 0.05) is 17.1 Å². The number of hydrogen-bond acceptors (Lipinski definition) is 2. The van der Waals surface area contributed by atoms with Gasteiger partial charge in [0.2, 0.25) is 5.91 Å². The quantitative estimate of drug-likeness (QED) is 0.466. The molecule has 144 valence electrons. The number of hydrogen-bond donors (Lipinski definition) is 1. The average molecular weight is 386 g/mol. The van der Waals surface area contributed by atoms with Crippen LogP contribution >= 0.6 is 11.6 Å². The van der Waals surface area contributed by atoms with E-state index in [9.17, 15) is 4.79 Å². The van der Waals surface area contributed by atoms with E-state index in [4.69, 9.17) is 16.3 Å². The van der Waals surface area contributed by atoms with Crippen LogP contribution in [0.1, 0.15) is 44.7 Å². The molecule has 27 heavy (non-hydrogen) atoms. The molecule has 0 atom stereocenters. The van der Waals surface area contributed by atoms with E-state index in [0.29, 0.717) is 11.6 Å². The Hall–Kier alpha value is -2.26. The maximum Gasteiger partial charge on any atom is 0.247 e. The minimum absolute atomic E-state index is 0.0219. The molecule has 0 radical (unpaired) electrons. The number of amides is 1. The Morgan fingerprint density at radius 2 is 1.81 bits per heavy atom. The monoisotopic (exact) mass is 385 g/mol. The molecular formula is C23H28ClNO2. The first kappa shape index (κ1) is 21.0. The van der Waals surface area contributed by atoms with E-state index >= 15 is 0 Å². The number of methoxy groups -OCH3 is 1. The van der Waals surface area contributed by atoms with Crippen LogP contribution in [-0.4, -0.2) is 19.6 Å². The van der Waals surface area contributed by atoms with E-state index < -0.39 is 0 Å². The third-order valence-corrected chi connectivity index (χ3v) is 5.11. The van der Waals surface area contributed by atoms with Crippen LogP contribution in [0.5, 0.6) is 5.75 Å². The fourth-order valence-electron chi connectivity index (χ4n) is 3.02. The Kier molecular flexibility index (Phi) is 7.49. The van der Waals surface area contributed by atoms with Crippen LogP contribution in [0, 0.1) is 6.92 Å². The zero-order chi connectivity index (χ0) is 20.0. The van der Waals surface area contributed by atoms with Gasteiger partial charge >= 0.3 is 0 Å². The summed E-state index contributed by atoms with van der Waals surface area (Å²) in [6, 6.07) is 11.8. The molecular weight excluding hydrogens is 358 g/mol. The highest BCUT2D eigenvalue weighted by atomic mass is 35.5. The summed E-state index contributed by atoms with van der Waals surface area (Å²) < 4.78 is 5.24. The Morgan fingerprint density at radius 3 is 2.41 bits per heavy atom. The highest BCUT2D eigenvalue weighted by Crippen LogP contribution is 2.34. The van der Waals surface area contributed by atoms with Gasteiger partial charge in [0.25, 0.3) is 0 Å². The molecule has 2 aromatic carbocycles. The third-order valence-electron chi connectivity index (χ3n) is 4.90. The lowest BCUT2D eigenvalue weighted by Gasteiger charge is -2.16. The number of ether oxygens (including phenoxy) is 1. The molecule has 0 spiro atoms. The Balaban J connectivity index is 2.43. The van der Waals surface area contributed by atoms with E-state index in [2.05, 4.69) is 19.2 Å². The average Bonchev–Trinajstić information content (AvgIpc) is 2.68. The molecule has 0 saturated heterocycles. The Labute approximate surface area is 167 Å². The zero-order valence-electron chi connectivity index (χ0n) is 16.8. The molecule has 1 N–H and O–H groups in total. The number of carbonyl (C=O) groups excluding carboxylic acids is 1. The van der Waals surface area contributed by atoms with Crippen molar-refractivity contribution in [2.75, 3.05) is 13.7 Å². The van der Waals surface area contributed by atoms with E-state index in [1.54, 1.807) is 7.11 Å². The summed E-state index contributed by atoms with van der Waals surface area (Å²) >= 11 is 6.41. The molecule has 0 aliphatic rings. The fraction of sp³-hybridized carbons (Fsp3) is 0.348. The largest absolute Gasteiger partial charge is 0.497 e. The van der Waals surface area contributed by atoms with Crippen molar-refractivity contribution in [2.45, 2.75) is 40.5 Å². The van der Waals surface area contributed by atoms with Crippen molar-refractivity contribution in [3.8, 4) is 16.9 Å². The van der Waals surface area contributed by atoms with Crippen LogP contribution < -0.4 is 10.1 Å². The van der Waals surface area contributed by atoms with Crippen LogP contribution in [0.25, 0.3) is 16.7 Å². The molecule has 0 aliphatic carbocycles. The number of nitrogens with one attached hydrogen (secondary N) is 1. The number of rotatable bonds is 7. The van der Waals surface area contributed by atoms with Crippen molar-refractivity contribution >= 4 is 23.1 Å². The molecule has 2 rings (SSSR count). The molecule has 0 fully saturated rings. The highest BCUT2D eigenvalue weighted by molar-refractivity contribution is 6.31. The predicted molar refractivity (Wildman–Crippen MR) is 114 cm³/mol. The number of unbranched alkanes of at least 4 members (excludes halogenated alkanes) is 1. The van der Waals surface area contributed by atoms with Gasteiger partial charge in [-0.15, -0.1) is 0 Å². The van der Waals surface area contributed by atoms with E-state index in [1.807, 2.05) is 50.2 Å². The summed E-state index contributed by atoms with van der Waals surface area (Å²) in [6.07, 6.45) is 2.04. The molecule has 1 amide bonds. The van der Waals surface area contributed by atoms with Crippen LogP contribution in [0.2, 0.25) is 5.02 Å². The van der Waals surface area contributed by atoms with Crippen LogP contribution in [0.3, 0.4) is 0 Å². The first-order chi connectivity index (χ1) is 12.9. The Bertz CT molecular complexity index is 838. The minimum Gasteiger partial charge on any atom is -0.497 e. The van der Waals surface area contributed by atoms with Gasteiger partial charge in [-0.2, -0.15) is 0 Å². The van der Waals surface area contributed by atoms with Crippen molar-refractivity contribution in [3.63, 3.8) is 0 Å². The number of carbonyl (C=O) groups is 1. The first-order valence-electron chi connectivity index (χ1n) is 9.29. The maximum absolute atomic E-state index is 12.4. The molecule has 0 unspecified atom stereocenters. The molecule has 3 nitrogen and oxygen atoms in total. The molecule has 0 heterocycles. The summed E-state index contributed by atoms with van der Waals surface area (Å²) in [5, 5.41) is 3.64. The third kappa shape index (κ3) is 5.14. The molecule has 0 saturated carbocycles. The van der Waals surface area contributed by atoms with E-state index in [-0.39, 0.29) is 5.91 Å². The van der Waals surface area contributed by atoms with Crippen molar-refractivity contribution in [1.82, 2.24) is 5.32 Å². The standard InChI is InChI=1S/C23H28ClNO2/c1-6-7-12-25-23(26)16(3)15(2)21-13-19(24)14-22(17(21)4)18-8-10-20(27-5)11-9-18/h8-11,13-14H,6-7,12H2,1-5H3,(H,25,26)/b16-15+. The summed E-state index contributed by atoms with van der Waals surface area (Å²) in [4.78, 5) is 12.4. The lowest BCUT2D eigenvalue weighted by atomic mass is 9.91. The van der Waals surface area contributed by atoms with Crippen molar-refractivity contribution < 1.29 is 9.53 Å². The summed E-state index contributed by atoms with van der Waals surface area (Å²) in [5.74, 6) is 0.792. The van der Waals surface area contributed by atoms with Crippen molar-refractivity contribution in [3.05, 3.63) is 58.1 Å².